The maximum absolute atomic E-state index is 12.2. The van der Waals surface area contributed by atoms with Gasteiger partial charge in [-0.1, -0.05) is 79.1 Å². The van der Waals surface area contributed by atoms with Crippen molar-refractivity contribution in [2.45, 2.75) is 91.9 Å². The summed E-state index contributed by atoms with van der Waals surface area (Å²) in [5.74, 6) is -3.77. The molecule has 1 aromatic rings. The van der Waals surface area contributed by atoms with Gasteiger partial charge in [-0.05, 0) is 41.9 Å². The molecule has 6 heteroatoms. The molecular formula is C25H38O6. The Morgan fingerprint density at radius 3 is 1.61 bits per heavy atom. The number of aromatic carboxylic acids is 3. The average molecular weight is 435 g/mol. The summed E-state index contributed by atoms with van der Waals surface area (Å²) in [6, 6.07) is 1.43. The quantitative estimate of drug-likeness (QED) is 0.299. The van der Waals surface area contributed by atoms with Crippen molar-refractivity contribution in [2.24, 2.45) is 11.8 Å². The molecule has 0 saturated heterocycles. The van der Waals surface area contributed by atoms with Gasteiger partial charge in [0.25, 0.3) is 0 Å². The first-order chi connectivity index (χ1) is 14.7. The molecule has 0 aromatic heterocycles. The minimum Gasteiger partial charge on any atom is -0.478 e. The van der Waals surface area contributed by atoms with E-state index < -0.39 is 29.0 Å². The molecule has 0 saturated carbocycles. The van der Waals surface area contributed by atoms with E-state index >= 15 is 0 Å². The second-order valence-corrected chi connectivity index (χ2v) is 8.47. The van der Waals surface area contributed by atoms with E-state index in [1.54, 1.807) is 0 Å². The normalized spacial score (nSPS) is 13.0. The van der Waals surface area contributed by atoms with Crippen LogP contribution in [0.4, 0.5) is 0 Å². The molecule has 0 aliphatic heterocycles. The summed E-state index contributed by atoms with van der Waals surface area (Å²) in [5.41, 5.74) is -0.200. The van der Waals surface area contributed by atoms with Crippen molar-refractivity contribution in [3.8, 4) is 0 Å². The monoisotopic (exact) mass is 434 g/mol. The van der Waals surface area contributed by atoms with Gasteiger partial charge in [0.2, 0.25) is 0 Å². The number of benzene rings is 1. The highest BCUT2D eigenvalue weighted by Gasteiger charge is 2.30. The van der Waals surface area contributed by atoms with Gasteiger partial charge in [0.15, 0.2) is 0 Å². The van der Waals surface area contributed by atoms with Crippen LogP contribution in [0.5, 0.6) is 0 Å². The molecule has 0 bridgehead atoms. The van der Waals surface area contributed by atoms with Crippen molar-refractivity contribution < 1.29 is 29.7 Å². The van der Waals surface area contributed by atoms with Crippen LogP contribution in [0.25, 0.3) is 0 Å². The highest BCUT2D eigenvalue weighted by molar-refractivity contribution is 6.10. The molecule has 2 unspecified atom stereocenters. The first kappa shape index (κ1) is 26.7. The summed E-state index contributed by atoms with van der Waals surface area (Å²) >= 11 is 0. The second-order valence-electron chi connectivity index (χ2n) is 8.47. The Morgan fingerprint density at radius 1 is 0.742 bits per heavy atom. The molecule has 0 heterocycles. The molecule has 0 fully saturated rings. The van der Waals surface area contributed by atoms with Crippen molar-refractivity contribution in [2.75, 3.05) is 0 Å². The van der Waals surface area contributed by atoms with E-state index in [1.807, 2.05) is 0 Å². The molecular weight excluding hydrogens is 396 g/mol. The van der Waals surface area contributed by atoms with Crippen LogP contribution >= 0.6 is 0 Å². The summed E-state index contributed by atoms with van der Waals surface area (Å²) < 4.78 is 0. The Balaban J connectivity index is 3.71. The minimum atomic E-state index is -1.51. The van der Waals surface area contributed by atoms with Gasteiger partial charge in [0, 0.05) is 0 Å². The number of carbonyl (C=O) groups is 3. The molecule has 0 spiro atoms. The van der Waals surface area contributed by atoms with Gasteiger partial charge in [-0.25, -0.2) is 14.4 Å². The first-order valence-corrected chi connectivity index (χ1v) is 11.6. The highest BCUT2D eigenvalue weighted by atomic mass is 16.4. The molecule has 31 heavy (non-hydrogen) atoms. The van der Waals surface area contributed by atoms with Crippen molar-refractivity contribution in [3.63, 3.8) is 0 Å². The minimum absolute atomic E-state index is 0.227. The predicted octanol–water partition coefficient (Wildman–Crippen LogP) is 6.30. The fraction of sp³-hybridized carbons (Fsp3) is 0.640. The van der Waals surface area contributed by atoms with Gasteiger partial charge in [0.1, 0.15) is 0 Å². The molecule has 1 rings (SSSR count). The maximum Gasteiger partial charge on any atom is 0.337 e. The van der Waals surface area contributed by atoms with Crippen LogP contribution in [0.1, 0.15) is 121 Å². The zero-order valence-electron chi connectivity index (χ0n) is 19.4. The molecule has 1 aromatic carbocycles. The van der Waals surface area contributed by atoms with Gasteiger partial charge in [-0.2, -0.15) is 0 Å². The number of rotatable bonds is 15. The third-order valence-electron chi connectivity index (χ3n) is 6.27. The summed E-state index contributed by atoms with van der Waals surface area (Å²) in [4.78, 5) is 36.0. The van der Waals surface area contributed by atoms with Gasteiger partial charge in [-0.15, -0.1) is 0 Å². The average Bonchev–Trinajstić information content (AvgIpc) is 2.73. The van der Waals surface area contributed by atoms with Crippen molar-refractivity contribution >= 4 is 17.9 Å². The number of hydrogen-bond acceptors (Lipinski definition) is 3. The van der Waals surface area contributed by atoms with Crippen LogP contribution in [-0.2, 0) is 12.8 Å². The van der Waals surface area contributed by atoms with Gasteiger partial charge >= 0.3 is 17.9 Å². The first-order valence-electron chi connectivity index (χ1n) is 11.6. The Morgan fingerprint density at radius 2 is 1.23 bits per heavy atom. The molecule has 0 aliphatic carbocycles. The van der Waals surface area contributed by atoms with E-state index in [0.29, 0.717) is 29.9 Å². The van der Waals surface area contributed by atoms with E-state index in [9.17, 15) is 29.7 Å². The lowest BCUT2D eigenvalue weighted by Crippen LogP contribution is -2.21. The summed E-state index contributed by atoms with van der Waals surface area (Å²) in [6.45, 7) is 8.35. The predicted molar refractivity (Wildman–Crippen MR) is 121 cm³/mol. The van der Waals surface area contributed by atoms with E-state index in [2.05, 4.69) is 27.7 Å². The fourth-order valence-electron chi connectivity index (χ4n) is 4.31. The lowest BCUT2D eigenvalue weighted by molar-refractivity contribution is 0.0632. The van der Waals surface area contributed by atoms with Gasteiger partial charge in [-0.3, -0.25) is 0 Å². The third kappa shape index (κ3) is 7.37. The molecule has 6 nitrogen and oxygen atoms in total. The molecule has 2 atom stereocenters. The van der Waals surface area contributed by atoms with Gasteiger partial charge in [0.05, 0.1) is 16.7 Å². The van der Waals surface area contributed by atoms with Crippen molar-refractivity contribution in [1.82, 2.24) is 0 Å². The Hall–Kier alpha value is -2.37. The second kappa shape index (κ2) is 13.1. The Labute approximate surface area is 185 Å². The lowest BCUT2D eigenvalue weighted by Gasteiger charge is -2.24. The van der Waals surface area contributed by atoms with Gasteiger partial charge < -0.3 is 15.3 Å². The molecule has 174 valence electrons. The fourth-order valence-corrected chi connectivity index (χ4v) is 4.31. The smallest absolute Gasteiger partial charge is 0.337 e. The molecule has 0 aliphatic rings. The zero-order valence-corrected chi connectivity index (χ0v) is 19.4. The molecule has 0 amide bonds. The number of hydrogen-bond donors (Lipinski definition) is 3. The number of unbranched alkanes of at least 4 members (excludes halogenated alkanes) is 2. The van der Waals surface area contributed by atoms with E-state index in [0.717, 1.165) is 51.4 Å². The molecule has 3 N–H and O–H groups in total. The zero-order chi connectivity index (χ0) is 23.6. The van der Waals surface area contributed by atoms with E-state index in [4.69, 9.17) is 0 Å². The van der Waals surface area contributed by atoms with E-state index in [1.165, 1.54) is 6.07 Å². The summed E-state index contributed by atoms with van der Waals surface area (Å²) in [6.07, 6.45) is 8.84. The van der Waals surface area contributed by atoms with Crippen LogP contribution in [-0.4, -0.2) is 33.2 Å². The Kier molecular flexibility index (Phi) is 11.3. The SMILES string of the molecule is CCCCC(CC)Cc1cc(C(=O)O)c(C(=O)O)c(C(=O)O)c1CC(CC)CCCC. The van der Waals surface area contributed by atoms with Crippen LogP contribution in [0.2, 0.25) is 0 Å². The Bertz CT molecular complexity index is 768. The summed E-state index contributed by atoms with van der Waals surface area (Å²) in [7, 11) is 0. The number of carboxylic acids is 3. The number of carboxylic acid groups (broad SMARTS) is 3. The van der Waals surface area contributed by atoms with Crippen molar-refractivity contribution in [1.29, 1.82) is 0 Å². The van der Waals surface area contributed by atoms with Crippen LogP contribution < -0.4 is 0 Å². The topological polar surface area (TPSA) is 112 Å². The lowest BCUT2D eigenvalue weighted by atomic mass is 9.80. The van der Waals surface area contributed by atoms with Crippen molar-refractivity contribution in [3.05, 3.63) is 33.9 Å². The van der Waals surface area contributed by atoms with E-state index in [-0.39, 0.29) is 11.5 Å². The highest BCUT2D eigenvalue weighted by Crippen LogP contribution is 2.32. The largest absolute Gasteiger partial charge is 0.478 e. The third-order valence-corrected chi connectivity index (χ3v) is 6.27. The summed E-state index contributed by atoms with van der Waals surface area (Å²) in [5, 5.41) is 29.3. The maximum atomic E-state index is 12.2. The van der Waals surface area contributed by atoms with Crippen LogP contribution in [0.15, 0.2) is 6.07 Å². The molecule has 0 radical (unpaired) electrons. The standard InChI is InChI=1S/C25H38O6/c1-5-9-11-16(7-3)13-18-15-20(23(26)27)22(25(30)31)21(24(28)29)19(18)14-17(8-4)12-10-6-2/h15-17H,5-14H2,1-4H3,(H,26,27)(H,28,29)(H,30,31). The van der Waals surface area contributed by atoms with Crippen LogP contribution in [0, 0.1) is 11.8 Å². The van der Waals surface area contributed by atoms with Crippen LogP contribution in [0.3, 0.4) is 0 Å².